The van der Waals surface area contributed by atoms with Crippen LogP contribution in [0, 0.1) is 0 Å². The van der Waals surface area contributed by atoms with Crippen LogP contribution in [0.25, 0.3) is 0 Å². The molecule has 0 aromatic heterocycles. The largest absolute Gasteiger partial charge is 0.273 e. The summed E-state index contributed by atoms with van der Waals surface area (Å²) in [6.07, 6.45) is 2.38. The van der Waals surface area contributed by atoms with E-state index in [1.807, 2.05) is 30.3 Å². The van der Waals surface area contributed by atoms with Crippen molar-refractivity contribution < 1.29 is 9.59 Å². The molecule has 114 valence electrons. The first-order valence-electron chi connectivity index (χ1n) is 7.41. The molecule has 0 heterocycles. The number of benzene rings is 2. The molecule has 0 fully saturated rings. The van der Waals surface area contributed by atoms with Crippen molar-refractivity contribution in [1.82, 2.24) is 10.9 Å². The van der Waals surface area contributed by atoms with E-state index in [-0.39, 0.29) is 18.2 Å². The highest BCUT2D eigenvalue weighted by Crippen LogP contribution is 2.07. The molecular weight excluding hydrogens is 276 g/mol. The minimum absolute atomic E-state index is 0.238. The summed E-state index contributed by atoms with van der Waals surface area (Å²) >= 11 is 0. The van der Waals surface area contributed by atoms with Crippen LogP contribution in [0.1, 0.15) is 34.8 Å². The molecule has 2 aromatic rings. The second kappa shape index (κ2) is 7.98. The summed E-state index contributed by atoms with van der Waals surface area (Å²) in [6.45, 7) is 2.14. The molecule has 22 heavy (non-hydrogen) atoms. The minimum atomic E-state index is -0.327. The van der Waals surface area contributed by atoms with E-state index in [0.29, 0.717) is 5.56 Å². The number of carbonyl (C=O) groups excluding carboxylic acids is 2. The van der Waals surface area contributed by atoms with E-state index in [1.165, 1.54) is 5.56 Å². The van der Waals surface area contributed by atoms with Gasteiger partial charge in [-0.2, -0.15) is 0 Å². The average molecular weight is 296 g/mol. The molecule has 0 aliphatic carbocycles. The molecule has 0 spiro atoms. The zero-order chi connectivity index (χ0) is 15.8. The summed E-state index contributed by atoms with van der Waals surface area (Å²) in [5.74, 6) is -0.570. The molecular formula is C18H20N2O2. The van der Waals surface area contributed by atoms with Crippen LogP contribution in [0.4, 0.5) is 0 Å². The lowest BCUT2D eigenvalue weighted by Crippen LogP contribution is -2.42. The monoisotopic (exact) mass is 296 g/mol. The Morgan fingerprint density at radius 1 is 0.864 bits per heavy atom. The third-order valence-electron chi connectivity index (χ3n) is 3.28. The van der Waals surface area contributed by atoms with Gasteiger partial charge in [-0.05, 0) is 29.7 Å². The highest BCUT2D eigenvalue weighted by molar-refractivity contribution is 5.95. The van der Waals surface area contributed by atoms with E-state index in [9.17, 15) is 9.59 Å². The zero-order valence-corrected chi connectivity index (χ0v) is 12.6. The first-order chi connectivity index (χ1) is 10.7. The summed E-state index contributed by atoms with van der Waals surface area (Å²) < 4.78 is 0. The van der Waals surface area contributed by atoms with Crippen LogP contribution in [-0.4, -0.2) is 11.8 Å². The first-order valence-corrected chi connectivity index (χ1v) is 7.41. The maximum absolute atomic E-state index is 11.8. The van der Waals surface area contributed by atoms with Gasteiger partial charge in [-0.25, -0.2) is 0 Å². The van der Waals surface area contributed by atoms with Gasteiger partial charge in [0.2, 0.25) is 5.91 Å². The molecule has 0 atom stereocenters. The van der Waals surface area contributed by atoms with E-state index in [4.69, 9.17) is 0 Å². The number of hydrogen-bond acceptors (Lipinski definition) is 2. The van der Waals surface area contributed by atoms with Gasteiger partial charge in [0.05, 0.1) is 6.42 Å². The Morgan fingerprint density at radius 3 is 2.14 bits per heavy atom. The Kier molecular flexibility index (Phi) is 5.72. The quantitative estimate of drug-likeness (QED) is 0.833. The Hall–Kier alpha value is -2.62. The highest BCUT2D eigenvalue weighted by Gasteiger charge is 2.07. The van der Waals surface area contributed by atoms with Gasteiger partial charge >= 0.3 is 0 Å². The van der Waals surface area contributed by atoms with Crippen LogP contribution in [0.2, 0.25) is 0 Å². The van der Waals surface area contributed by atoms with E-state index in [1.54, 1.807) is 24.3 Å². The molecule has 4 heteroatoms. The molecule has 2 rings (SSSR count). The summed E-state index contributed by atoms with van der Waals surface area (Å²) in [7, 11) is 0. The van der Waals surface area contributed by atoms with Gasteiger partial charge in [0.15, 0.2) is 0 Å². The Morgan fingerprint density at radius 2 is 1.50 bits per heavy atom. The maximum atomic E-state index is 11.8. The topological polar surface area (TPSA) is 58.2 Å². The smallest absolute Gasteiger partial charge is 0.269 e. The van der Waals surface area contributed by atoms with Crippen molar-refractivity contribution in [2.24, 2.45) is 0 Å². The Labute approximate surface area is 130 Å². The van der Waals surface area contributed by atoms with Crippen LogP contribution in [0.3, 0.4) is 0 Å². The number of nitrogens with one attached hydrogen (secondary N) is 2. The maximum Gasteiger partial charge on any atom is 0.269 e. The fraction of sp³-hybridized carbons (Fsp3) is 0.222. The summed E-state index contributed by atoms with van der Waals surface area (Å²) in [5, 5.41) is 0. The van der Waals surface area contributed by atoms with Gasteiger partial charge in [-0.1, -0.05) is 55.8 Å². The van der Waals surface area contributed by atoms with Crippen molar-refractivity contribution in [2.45, 2.75) is 26.2 Å². The van der Waals surface area contributed by atoms with E-state index >= 15 is 0 Å². The number of hydrogen-bond donors (Lipinski definition) is 2. The van der Waals surface area contributed by atoms with Crippen LogP contribution < -0.4 is 10.9 Å². The molecule has 4 nitrogen and oxygen atoms in total. The third-order valence-corrected chi connectivity index (χ3v) is 3.28. The fourth-order valence-electron chi connectivity index (χ4n) is 2.13. The predicted molar refractivity (Wildman–Crippen MR) is 86.2 cm³/mol. The summed E-state index contributed by atoms with van der Waals surface area (Å²) in [4.78, 5) is 23.6. The van der Waals surface area contributed by atoms with Gasteiger partial charge in [0.25, 0.3) is 5.91 Å². The molecule has 2 amide bonds. The van der Waals surface area contributed by atoms with Crippen LogP contribution in [0.5, 0.6) is 0 Å². The number of aryl methyl sites for hydroxylation is 1. The number of hydrazine groups is 1. The molecule has 0 bridgehead atoms. The predicted octanol–water partition coefficient (Wildman–Crippen LogP) is 2.64. The normalized spacial score (nSPS) is 10.0. The highest BCUT2D eigenvalue weighted by atomic mass is 16.2. The van der Waals surface area contributed by atoms with Gasteiger partial charge in [-0.15, -0.1) is 0 Å². The molecule has 0 radical (unpaired) electrons. The van der Waals surface area contributed by atoms with Crippen molar-refractivity contribution in [2.75, 3.05) is 0 Å². The van der Waals surface area contributed by atoms with Crippen molar-refractivity contribution >= 4 is 11.8 Å². The lowest BCUT2D eigenvalue weighted by molar-refractivity contribution is -0.121. The standard InChI is InChI=1S/C18H20N2O2/c1-2-6-14-9-11-15(12-10-14)13-17(21)19-20-18(22)16-7-4-3-5-8-16/h3-5,7-12H,2,6,13H2,1H3,(H,19,21)(H,20,22). The van der Waals surface area contributed by atoms with Crippen molar-refractivity contribution in [3.63, 3.8) is 0 Å². The van der Waals surface area contributed by atoms with Gasteiger partial charge < -0.3 is 0 Å². The second-order valence-electron chi connectivity index (χ2n) is 5.11. The molecule has 0 unspecified atom stereocenters. The number of rotatable bonds is 5. The molecule has 2 aromatic carbocycles. The Bertz CT molecular complexity index is 621. The Balaban J connectivity index is 1.81. The van der Waals surface area contributed by atoms with Crippen LogP contribution in [0.15, 0.2) is 54.6 Å². The fourth-order valence-corrected chi connectivity index (χ4v) is 2.13. The van der Waals surface area contributed by atoms with E-state index in [2.05, 4.69) is 17.8 Å². The van der Waals surface area contributed by atoms with E-state index in [0.717, 1.165) is 18.4 Å². The average Bonchev–Trinajstić information content (AvgIpc) is 2.55. The van der Waals surface area contributed by atoms with Gasteiger partial charge in [0.1, 0.15) is 0 Å². The SMILES string of the molecule is CCCc1ccc(CC(=O)NNC(=O)c2ccccc2)cc1. The van der Waals surface area contributed by atoms with Crippen molar-refractivity contribution in [1.29, 1.82) is 0 Å². The van der Waals surface area contributed by atoms with Crippen LogP contribution in [-0.2, 0) is 17.6 Å². The van der Waals surface area contributed by atoms with E-state index < -0.39 is 0 Å². The molecule has 2 N–H and O–H groups in total. The van der Waals surface area contributed by atoms with Gasteiger partial charge in [0, 0.05) is 5.56 Å². The van der Waals surface area contributed by atoms with Crippen LogP contribution >= 0.6 is 0 Å². The van der Waals surface area contributed by atoms with Crippen molar-refractivity contribution in [3.05, 3.63) is 71.3 Å². The summed E-state index contributed by atoms with van der Waals surface area (Å²) in [5.41, 5.74) is 7.54. The van der Waals surface area contributed by atoms with Gasteiger partial charge in [-0.3, -0.25) is 20.4 Å². The summed E-state index contributed by atoms with van der Waals surface area (Å²) in [6, 6.07) is 16.7. The number of amides is 2. The number of carbonyl (C=O) groups is 2. The third kappa shape index (κ3) is 4.74. The molecule has 0 saturated heterocycles. The molecule has 0 aliphatic heterocycles. The lowest BCUT2D eigenvalue weighted by atomic mass is 10.1. The minimum Gasteiger partial charge on any atom is -0.273 e. The van der Waals surface area contributed by atoms with Crippen molar-refractivity contribution in [3.8, 4) is 0 Å². The zero-order valence-electron chi connectivity index (χ0n) is 12.6. The second-order valence-corrected chi connectivity index (χ2v) is 5.11. The molecule has 0 aliphatic rings. The lowest BCUT2D eigenvalue weighted by Gasteiger charge is -2.08. The molecule has 0 saturated carbocycles. The first kappa shape index (κ1) is 15.8.